The van der Waals surface area contributed by atoms with Gasteiger partial charge in [-0.1, -0.05) is 259 Å². The monoisotopic (exact) mass is 1330 g/mol. The van der Waals surface area contributed by atoms with E-state index in [4.69, 9.17) is 0 Å². The number of rotatable bonds is 16. The Morgan fingerprint density at radius 1 is 0.293 bits per heavy atom. The molecule has 0 fully saturated rings. The summed E-state index contributed by atoms with van der Waals surface area (Å²) in [4.78, 5) is 0. The second-order valence-corrected chi connectivity index (χ2v) is 43.8. The number of benzene rings is 4. The van der Waals surface area contributed by atoms with E-state index < -0.39 is 0 Å². The second kappa shape index (κ2) is 38.4. The van der Waals surface area contributed by atoms with Gasteiger partial charge in [0.05, 0.1) is 0 Å². The van der Waals surface area contributed by atoms with Crippen molar-refractivity contribution in [2.45, 2.75) is 263 Å². The molecule has 8 aromatic rings. The van der Waals surface area contributed by atoms with Gasteiger partial charge in [-0.3, -0.25) is 0 Å². The zero-order chi connectivity index (χ0) is 60.3. The topological polar surface area (TPSA) is 0 Å². The quantitative estimate of drug-likeness (QED) is 0.0668. The summed E-state index contributed by atoms with van der Waals surface area (Å²) < 4.78 is 0. The van der Waals surface area contributed by atoms with Crippen molar-refractivity contribution in [3.05, 3.63) is 164 Å². The fraction of sp³-hybridized carbons (Fsp3) is 0.526. The minimum absolute atomic E-state index is 0. The molecule has 0 bridgehead atoms. The van der Waals surface area contributed by atoms with Gasteiger partial charge in [0, 0.05) is 0 Å². The molecule has 0 aliphatic carbocycles. The van der Waals surface area contributed by atoms with Gasteiger partial charge in [0.25, 0.3) is 0 Å². The fourth-order valence-electron chi connectivity index (χ4n) is 10.7. The summed E-state index contributed by atoms with van der Waals surface area (Å²) in [5.74, 6) is 5.24. The van der Waals surface area contributed by atoms with Crippen LogP contribution < -0.4 is 24.8 Å². The third-order valence-electron chi connectivity index (χ3n) is 17.4. The molecule has 0 nitrogen and oxygen atoms in total. The predicted octanol–water partition coefficient (Wildman–Crippen LogP) is 19.2. The molecule has 0 spiro atoms. The van der Waals surface area contributed by atoms with Crippen molar-refractivity contribution in [1.82, 2.24) is 0 Å². The first-order chi connectivity index (χ1) is 37.7. The molecule has 82 heavy (non-hydrogen) atoms. The molecule has 0 N–H and O–H groups in total. The van der Waals surface area contributed by atoms with Crippen LogP contribution in [0.4, 0.5) is 0 Å². The zero-order valence-electron chi connectivity index (χ0n) is 56.3. The Morgan fingerprint density at radius 3 is 0.573 bits per heavy atom. The Balaban J connectivity index is 0.000000518. The van der Waals surface area contributed by atoms with Crippen LogP contribution in [0.15, 0.2) is 97.1 Å². The molecule has 0 saturated heterocycles. The molecule has 0 aliphatic rings. The summed E-state index contributed by atoms with van der Waals surface area (Å²) in [5, 5.41) is 11.6. The number of aryl methyl sites for hydroxylation is 4. The average Bonchev–Trinajstić information content (AvgIpc) is 4.22. The first-order valence-corrected chi connectivity index (χ1v) is 44.0. The number of hydrogen-bond donors (Lipinski definition) is 0. The van der Waals surface area contributed by atoms with Gasteiger partial charge in [-0.15, -0.1) is 114 Å². The summed E-state index contributed by atoms with van der Waals surface area (Å²) in [7, 11) is 0. The SMILES string of the molecule is CCC(C)c1cc(C(C)CC)c2cc(C)[cH-]c2c1.CCC(C)c1cc(C(C)CC)c2cc(C)[cH-]c2c1.CCC(C)c1cc(C(C)CC)c2cc(C)[cH-]c2c1.CCC(C)c1cc(C(C)CC)c2cc(C)[cH-]c2c1.C[Si](C)=[Zr+2].C[Si](C)=[Zr+2].[Cl-].[Cl-]. The van der Waals surface area contributed by atoms with E-state index in [9.17, 15) is 0 Å². The van der Waals surface area contributed by atoms with Crippen molar-refractivity contribution >= 4 is 54.0 Å². The van der Waals surface area contributed by atoms with E-state index in [1.54, 1.807) is 68.9 Å². The Labute approximate surface area is 547 Å². The minimum atomic E-state index is 0. The molecular weight excluding hydrogens is 1220 g/mol. The molecule has 448 valence electrons. The molecule has 8 aromatic carbocycles. The summed E-state index contributed by atoms with van der Waals surface area (Å²) >= 11 is 3.48. The van der Waals surface area contributed by atoms with E-state index in [-0.39, 0.29) is 35.7 Å². The normalized spacial score (nSPS) is 13.8. The van der Waals surface area contributed by atoms with Gasteiger partial charge in [0.1, 0.15) is 0 Å². The van der Waals surface area contributed by atoms with E-state index in [0.29, 0.717) is 47.3 Å². The third kappa shape index (κ3) is 23.0. The van der Waals surface area contributed by atoms with Gasteiger partial charge >= 0.3 is 83.7 Å². The largest absolute Gasteiger partial charge is 1.00 e. The summed E-state index contributed by atoms with van der Waals surface area (Å²) in [6, 6.07) is 38.0. The minimum Gasteiger partial charge on any atom is -1.00 e. The second-order valence-electron chi connectivity index (χ2n) is 25.1. The standard InChI is InChI=1S/4C18H25.2C2H6Si.2ClH.2Zr/c4*1-6-13(4)15-10-16-8-12(3)9-18(16)17(11-15)14(5)7-2;2*1-3-2;;;;/h4*8-11,13-14H,6-7H2,1-5H3;2*1-2H3;2*1H;;/q4*-1;;;;;2*+2/p-2. The maximum Gasteiger partial charge on any atom is -1.00 e. The molecule has 0 saturated carbocycles. The van der Waals surface area contributed by atoms with Gasteiger partial charge in [0.2, 0.25) is 0 Å². The van der Waals surface area contributed by atoms with Crippen LogP contribution in [0.25, 0.3) is 43.1 Å². The van der Waals surface area contributed by atoms with E-state index in [1.165, 1.54) is 139 Å². The van der Waals surface area contributed by atoms with Gasteiger partial charge in [-0.25, -0.2) is 0 Å². The van der Waals surface area contributed by atoms with E-state index >= 15 is 0 Å². The molecule has 8 unspecified atom stereocenters. The number of hydrogen-bond acceptors (Lipinski definition) is 0. The van der Waals surface area contributed by atoms with Crippen LogP contribution in [0.1, 0.15) is 276 Å². The Hall–Kier alpha value is -1.90. The molecule has 0 radical (unpaired) electrons. The van der Waals surface area contributed by atoms with Crippen LogP contribution in [0.5, 0.6) is 0 Å². The summed E-state index contributed by atoms with van der Waals surface area (Å²) in [6.07, 6.45) is 9.70. The van der Waals surface area contributed by atoms with Crippen LogP contribution in [0, 0.1) is 27.7 Å². The first kappa shape index (κ1) is 78.1. The zero-order valence-corrected chi connectivity index (χ0v) is 64.7. The maximum atomic E-state index is 2.45. The van der Waals surface area contributed by atoms with Crippen LogP contribution in [-0.2, 0) is 46.7 Å². The molecular formula is C76H112Cl2Si2Zr2-2. The van der Waals surface area contributed by atoms with E-state index in [2.05, 4.69) is 262 Å². The number of halogens is 2. The Kier molecular flexibility index (Phi) is 36.6. The third-order valence-corrected chi connectivity index (χ3v) is 17.4. The molecule has 8 rings (SSSR count). The van der Waals surface area contributed by atoms with Gasteiger partial charge in [-0.05, 0) is 47.3 Å². The Bertz CT molecular complexity index is 2750. The van der Waals surface area contributed by atoms with Gasteiger partial charge < -0.3 is 24.8 Å². The van der Waals surface area contributed by atoms with Crippen molar-refractivity contribution in [2.24, 2.45) is 0 Å². The van der Waals surface area contributed by atoms with Gasteiger partial charge in [-0.2, -0.15) is 24.3 Å². The number of fused-ring (bicyclic) bond motifs is 4. The average molecular weight is 1340 g/mol. The molecule has 6 heteroatoms. The molecule has 0 amide bonds. The predicted molar refractivity (Wildman–Crippen MR) is 362 cm³/mol. The van der Waals surface area contributed by atoms with Crippen molar-refractivity contribution in [3.63, 3.8) is 0 Å². The van der Waals surface area contributed by atoms with Crippen molar-refractivity contribution in [3.8, 4) is 0 Å². The van der Waals surface area contributed by atoms with Crippen molar-refractivity contribution in [1.29, 1.82) is 0 Å². The summed E-state index contributed by atoms with van der Waals surface area (Å²) in [5.41, 5.74) is 18.1. The van der Waals surface area contributed by atoms with Gasteiger partial charge in [0.15, 0.2) is 0 Å². The maximum absolute atomic E-state index is 2.45. The Morgan fingerprint density at radius 2 is 0.439 bits per heavy atom. The summed E-state index contributed by atoms with van der Waals surface area (Å²) in [6.45, 7) is 54.9. The molecule has 0 heterocycles. The molecule has 0 aromatic heterocycles. The van der Waals surface area contributed by atoms with Crippen LogP contribution >= 0.6 is 0 Å². The van der Waals surface area contributed by atoms with Crippen molar-refractivity contribution < 1.29 is 71.5 Å². The van der Waals surface area contributed by atoms with Crippen LogP contribution in [0.2, 0.25) is 26.2 Å². The van der Waals surface area contributed by atoms with Crippen molar-refractivity contribution in [2.75, 3.05) is 0 Å². The first-order valence-electron chi connectivity index (χ1n) is 31.6. The van der Waals surface area contributed by atoms with E-state index in [1.807, 2.05) is 0 Å². The van der Waals surface area contributed by atoms with Crippen LogP contribution in [-0.4, -0.2) is 10.9 Å². The molecule has 8 atom stereocenters. The molecule has 0 aliphatic heterocycles. The van der Waals surface area contributed by atoms with Crippen LogP contribution in [0.3, 0.4) is 0 Å². The fourth-order valence-corrected chi connectivity index (χ4v) is 10.7. The smallest absolute Gasteiger partial charge is 1.00 e. The van der Waals surface area contributed by atoms with E-state index in [0.717, 1.165) is 0 Å².